The van der Waals surface area contributed by atoms with Gasteiger partial charge in [0.05, 0.1) is 6.61 Å². The van der Waals surface area contributed by atoms with Crippen molar-refractivity contribution in [3.05, 3.63) is 71.8 Å². The Hall–Kier alpha value is -3.01. The summed E-state index contributed by atoms with van der Waals surface area (Å²) < 4.78 is 11.4. The summed E-state index contributed by atoms with van der Waals surface area (Å²) in [6.45, 7) is 5.70. The van der Waals surface area contributed by atoms with Crippen molar-refractivity contribution < 1.29 is 14.3 Å². The SMILES string of the molecule is CCOc1ccc(COc2ccc3cc(CCNC(=O)CC)ccc3c2)cc1. The van der Waals surface area contributed by atoms with Gasteiger partial charge in [-0.05, 0) is 59.5 Å². The van der Waals surface area contributed by atoms with Crippen LogP contribution in [0.15, 0.2) is 60.7 Å². The van der Waals surface area contributed by atoms with Crippen molar-refractivity contribution in [3.8, 4) is 11.5 Å². The van der Waals surface area contributed by atoms with Gasteiger partial charge in [0.25, 0.3) is 0 Å². The van der Waals surface area contributed by atoms with Crippen molar-refractivity contribution in [2.45, 2.75) is 33.3 Å². The molecule has 146 valence electrons. The Bertz CT molecular complexity index is 919. The van der Waals surface area contributed by atoms with Crippen LogP contribution in [0.5, 0.6) is 11.5 Å². The molecule has 0 spiro atoms. The molecular formula is C24H27NO3. The molecule has 0 saturated carbocycles. The largest absolute Gasteiger partial charge is 0.494 e. The third kappa shape index (κ3) is 5.49. The Balaban J connectivity index is 1.59. The smallest absolute Gasteiger partial charge is 0.219 e. The monoisotopic (exact) mass is 377 g/mol. The number of carbonyl (C=O) groups excluding carboxylic acids is 1. The number of fused-ring (bicyclic) bond motifs is 1. The van der Waals surface area contributed by atoms with E-state index < -0.39 is 0 Å². The summed E-state index contributed by atoms with van der Waals surface area (Å²) in [5.74, 6) is 1.82. The van der Waals surface area contributed by atoms with Crippen molar-refractivity contribution in [2.24, 2.45) is 0 Å². The van der Waals surface area contributed by atoms with Crippen LogP contribution in [0, 0.1) is 0 Å². The topological polar surface area (TPSA) is 47.6 Å². The van der Waals surface area contributed by atoms with Gasteiger partial charge in [0.15, 0.2) is 0 Å². The molecule has 28 heavy (non-hydrogen) atoms. The van der Waals surface area contributed by atoms with E-state index in [1.165, 1.54) is 10.9 Å². The standard InChI is InChI=1S/C24H27NO3/c1-3-24(26)25-14-13-18-5-8-21-16-23(12-9-20(21)15-18)28-17-19-6-10-22(11-7-19)27-4-2/h5-12,15-16H,3-4,13-14,17H2,1-2H3,(H,25,26). The lowest BCUT2D eigenvalue weighted by atomic mass is 10.0. The number of carbonyl (C=O) groups is 1. The second-order valence-electron chi connectivity index (χ2n) is 6.66. The third-order valence-corrected chi connectivity index (χ3v) is 4.57. The minimum atomic E-state index is 0.0927. The van der Waals surface area contributed by atoms with Crippen LogP contribution in [-0.4, -0.2) is 19.1 Å². The van der Waals surface area contributed by atoms with Gasteiger partial charge in [-0.3, -0.25) is 4.79 Å². The van der Waals surface area contributed by atoms with Gasteiger partial charge < -0.3 is 14.8 Å². The lowest BCUT2D eigenvalue weighted by Crippen LogP contribution is -2.24. The Kier molecular flexibility index (Phi) is 6.90. The molecule has 0 atom stereocenters. The molecule has 4 nitrogen and oxygen atoms in total. The van der Waals surface area contributed by atoms with Crippen molar-refractivity contribution in [3.63, 3.8) is 0 Å². The quantitative estimate of drug-likeness (QED) is 0.578. The van der Waals surface area contributed by atoms with Crippen LogP contribution in [0.2, 0.25) is 0 Å². The average Bonchev–Trinajstić information content (AvgIpc) is 2.73. The van der Waals surface area contributed by atoms with Crippen molar-refractivity contribution in [1.29, 1.82) is 0 Å². The summed E-state index contributed by atoms with van der Waals surface area (Å²) in [5.41, 5.74) is 2.32. The van der Waals surface area contributed by atoms with Crippen LogP contribution in [0.4, 0.5) is 0 Å². The van der Waals surface area contributed by atoms with Crippen LogP contribution >= 0.6 is 0 Å². The Labute approximate surface area is 166 Å². The molecule has 3 aromatic rings. The molecule has 0 heterocycles. The highest BCUT2D eigenvalue weighted by Gasteiger charge is 2.02. The molecule has 0 aliphatic carbocycles. The van der Waals surface area contributed by atoms with Crippen LogP contribution in [-0.2, 0) is 17.8 Å². The Morgan fingerprint density at radius 1 is 0.821 bits per heavy atom. The van der Waals surface area contributed by atoms with Crippen molar-refractivity contribution >= 4 is 16.7 Å². The van der Waals surface area contributed by atoms with E-state index in [0.29, 0.717) is 26.2 Å². The summed E-state index contributed by atoms with van der Waals surface area (Å²) in [5, 5.41) is 5.23. The first-order valence-electron chi connectivity index (χ1n) is 9.82. The number of hydrogen-bond donors (Lipinski definition) is 1. The van der Waals surface area contributed by atoms with Gasteiger partial charge in [0, 0.05) is 13.0 Å². The molecular weight excluding hydrogens is 350 g/mol. The second kappa shape index (κ2) is 9.79. The van der Waals surface area contributed by atoms with Gasteiger partial charge in [-0.25, -0.2) is 0 Å². The zero-order valence-corrected chi connectivity index (χ0v) is 16.5. The van der Waals surface area contributed by atoms with Gasteiger partial charge in [0.1, 0.15) is 18.1 Å². The van der Waals surface area contributed by atoms with E-state index in [1.807, 2.05) is 44.2 Å². The molecule has 0 aliphatic heterocycles. The van der Waals surface area contributed by atoms with E-state index in [0.717, 1.165) is 28.9 Å². The first-order valence-corrected chi connectivity index (χ1v) is 9.82. The number of benzene rings is 3. The zero-order chi connectivity index (χ0) is 19.8. The fraction of sp³-hybridized carbons (Fsp3) is 0.292. The summed E-state index contributed by atoms with van der Waals surface area (Å²) in [6, 6.07) is 20.5. The predicted octanol–water partition coefficient (Wildman–Crippen LogP) is 4.89. The minimum absolute atomic E-state index is 0.0927. The molecule has 4 heteroatoms. The lowest BCUT2D eigenvalue weighted by molar-refractivity contribution is -0.120. The number of amides is 1. The fourth-order valence-electron chi connectivity index (χ4n) is 3.01. The van der Waals surface area contributed by atoms with E-state index in [9.17, 15) is 4.79 Å². The van der Waals surface area contributed by atoms with Gasteiger partial charge in [-0.2, -0.15) is 0 Å². The van der Waals surface area contributed by atoms with Crippen LogP contribution in [0.1, 0.15) is 31.4 Å². The maximum Gasteiger partial charge on any atom is 0.219 e. The molecule has 0 bridgehead atoms. The number of ether oxygens (including phenoxy) is 2. The summed E-state index contributed by atoms with van der Waals surface area (Å²) in [6.07, 6.45) is 1.36. The maximum absolute atomic E-state index is 11.3. The number of hydrogen-bond acceptors (Lipinski definition) is 3. The molecule has 0 saturated heterocycles. The number of nitrogens with one attached hydrogen (secondary N) is 1. The van der Waals surface area contributed by atoms with Crippen LogP contribution in [0.3, 0.4) is 0 Å². The third-order valence-electron chi connectivity index (χ3n) is 4.57. The molecule has 0 aromatic heterocycles. The second-order valence-corrected chi connectivity index (χ2v) is 6.66. The Morgan fingerprint density at radius 2 is 1.50 bits per heavy atom. The molecule has 1 amide bonds. The molecule has 0 fully saturated rings. The molecule has 3 aromatic carbocycles. The minimum Gasteiger partial charge on any atom is -0.494 e. The molecule has 0 aliphatic rings. The highest BCUT2D eigenvalue weighted by atomic mass is 16.5. The average molecular weight is 377 g/mol. The Morgan fingerprint density at radius 3 is 2.25 bits per heavy atom. The molecule has 0 unspecified atom stereocenters. The van der Waals surface area contributed by atoms with Gasteiger partial charge in [-0.1, -0.05) is 43.3 Å². The van der Waals surface area contributed by atoms with E-state index in [2.05, 4.69) is 35.6 Å². The normalized spacial score (nSPS) is 10.6. The first kappa shape index (κ1) is 19.7. The zero-order valence-electron chi connectivity index (χ0n) is 16.5. The van der Waals surface area contributed by atoms with Gasteiger partial charge in [-0.15, -0.1) is 0 Å². The van der Waals surface area contributed by atoms with Gasteiger partial charge >= 0.3 is 0 Å². The van der Waals surface area contributed by atoms with Crippen LogP contribution in [0.25, 0.3) is 10.8 Å². The highest BCUT2D eigenvalue weighted by molar-refractivity contribution is 5.84. The fourth-order valence-corrected chi connectivity index (χ4v) is 3.01. The summed E-state index contributed by atoms with van der Waals surface area (Å²) in [4.78, 5) is 11.3. The summed E-state index contributed by atoms with van der Waals surface area (Å²) in [7, 11) is 0. The van der Waals surface area contributed by atoms with Gasteiger partial charge in [0.2, 0.25) is 5.91 Å². The van der Waals surface area contributed by atoms with Crippen molar-refractivity contribution in [2.75, 3.05) is 13.2 Å². The molecule has 3 rings (SSSR count). The van der Waals surface area contributed by atoms with E-state index in [4.69, 9.17) is 9.47 Å². The predicted molar refractivity (Wildman–Crippen MR) is 113 cm³/mol. The highest BCUT2D eigenvalue weighted by Crippen LogP contribution is 2.23. The van der Waals surface area contributed by atoms with E-state index in [1.54, 1.807) is 0 Å². The number of rotatable bonds is 9. The summed E-state index contributed by atoms with van der Waals surface area (Å²) >= 11 is 0. The maximum atomic E-state index is 11.3. The molecule has 1 N–H and O–H groups in total. The van der Waals surface area contributed by atoms with Crippen molar-refractivity contribution in [1.82, 2.24) is 5.32 Å². The molecule has 0 radical (unpaired) electrons. The van der Waals surface area contributed by atoms with Crippen LogP contribution < -0.4 is 14.8 Å². The lowest BCUT2D eigenvalue weighted by Gasteiger charge is -2.10. The first-order chi connectivity index (χ1) is 13.7. The van der Waals surface area contributed by atoms with E-state index in [-0.39, 0.29) is 5.91 Å². The van der Waals surface area contributed by atoms with E-state index >= 15 is 0 Å².